The Bertz CT molecular complexity index is 88.9. The zero-order valence-corrected chi connectivity index (χ0v) is 5.76. The molecule has 0 bridgehead atoms. The number of hydrogen-bond acceptors (Lipinski definition) is 1. The largest absolute Gasteiger partial charge is 0.481 e. The molecule has 0 saturated heterocycles. The maximum absolute atomic E-state index is 10.3. The van der Waals surface area contributed by atoms with Gasteiger partial charge in [0.15, 0.2) is 0 Å². The summed E-state index contributed by atoms with van der Waals surface area (Å²) >= 11 is 0. The molecule has 0 aromatic carbocycles. The molecule has 0 aliphatic carbocycles. The average molecular weight is 129 g/mol. The first-order valence-corrected chi connectivity index (χ1v) is 3.24. The van der Waals surface area contributed by atoms with Crippen molar-refractivity contribution < 1.29 is 9.90 Å². The van der Waals surface area contributed by atoms with E-state index in [4.69, 9.17) is 5.11 Å². The lowest BCUT2D eigenvalue weighted by Crippen LogP contribution is -2.11. The second-order valence-corrected chi connectivity index (χ2v) is 2.09. The third-order valence-corrected chi connectivity index (χ3v) is 1.39. The van der Waals surface area contributed by atoms with Crippen LogP contribution >= 0.6 is 0 Å². The number of hydrogen-bond donors (Lipinski definition) is 1. The number of carboxylic acid groups (broad SMARTS) is 1. The molecule has 0 amide bonds. The summed E-state index contributed by atoms with van der Waals surface area (Å²) < 4.78 is 0. The molecule has 1 radical (unpaired) electrons. The van der Waals surface area contributed by atoms with Crippen LogP contribution in [0.3, 0.4) is 0 Å². The van der Waals surface area contributed by atoms with Crippen molar-refractivity contribution in [1.82, 2.24) is 0 Å². The predicted octanol–water partition coefficient (Wildman–Crippen LogP) is 1.71. The van der Waals surface area contributed by atoms with Crippen LogP contribution in [0, 0.1) is 12.8 Å². The highest BCUT2D eigenvalue weighted by Crippen LogP contribution is 2.09. The SMILES string of the molecule is [CH2]CCC(CC)C(=O)O. The number of carbonyl (C=O) groups is 1. The van der Waals surface area contributed by atoms with E-state index in [9.17, 15) is 4.79 Å². The lowest BCUT2D eigenvalue weighted by Gasteiger charge is -2.05. The highest BCUT2D eigenvalue weighted by Gasteiger charge is 2.12. The number of aliphatic carboxylic acids is 1. The Morgan fingerprint density at radius 2 is 2.33 bits per heavy atom. The van der Waals surface area contributed by atoms with Gasteiger partial charge in [-0.25, -0.2) is 0 Å². The molecular weight excluding hydrogens is 116 g/mol. The van der Waals surface area contributed by atoms with Crippen molar-refractivity contribution in [2.75, 3.05) is 0 Å². The van der Waals surface area contributed by atoms with E-state index in [-0.39, 0.29) is 5.92 Å². The molecule has 0 fully saturated rings. The van der Waals surface area contributed by atoms with E-state index in [1.54, 1.807) is 0 Å². The summed E-state index contributed by atoms with van der Waals surface area (Å²) in [5.41, 5.74) is 0. The minimum Gasteiger partial charge on any atom is -0.481 e. The van der Waals surface area contributed by atoms with Crippen molar-refractivity contribution in [2.45, 2.75) is 26.2 Å². The Kier molecular flexibility index (Phi) is 4.10. The molecular formula is C7H13O2. The van der Waals surface area contributed by atoms with Gasteiger partial charge in [0.25, 0.3) is 0 Å². The summed E-state index contributed by atoms with van der Waals surface area (Å²) in [4.78, 5) is 10.3. The Balaban J connectivity index is 3.54. The summed E-state index contributed by atoms with van der Waals surface area (Å²) in [5.74, 6) is -0.872. The third kappa shape index (κ3) is 3.12. The molecule has 1 atom stereocenters. The second-order valence-electron chi connectivity index (χ2n) is 2.09. The first-order valence-electron chi connectivity index (χ1n) is 3.24. The monoisotopic (exact) mass is 129 g/mol. The van der Waals surface area contributed by atoms with Gasteiger partial charge >= 0.3 is 5.97 Å². The van der Waals surface area contributed by atoms with Gasteiger partial charge in [0.05, 0.1) is 5.92 Å². The maximum atomic E-state index is 10.3. The molecule has 0 aromatic rings. The van der Waals surface area contributed by atoms with Crippen LogP contribution in [0.1, 0.15) is 26.2 Å². The highest BCUT2D eigenvalue weighted by molar-refractivity contribution is 5.69. The molecule has 9 heavy (non-hydrogen) atoms. The van der Waals surface area contributed by atoms with Gasteiger partial charge in [-0.3, -0.25) is 4.79 Å². The first kappa shape index (κ1) is 8.47. The summed E-state index contributed by atoms with van der Waals surface area (Å²) in [6.45, 7) is 5.48. The summed E-state index contributed by atoms with van der Waals surface area (Å²) in [6, 6.07) is 0. The van der Waals surface area contributed by atoms with Crippen LogP contribution in [-0.4, -0.2) is 11.1 Å². The Morgan fingerprint density at radius 1 is 1.78 bits per heavy atom. The standard InChI is InChI=1S/C7H13O2/c1-3-5-6(4-2)7(8)9/h6H,1,3-5H2,2H3,(H,8,9). The van der Waals surface area contributed by atoms with E-state index in [1.165, 1.54) is 0 Å². The zero-order chi connectivity index (χ0) is 7.28. The van der Waals surface area contributed by atoms with Crippen LogP contribution in [0.4, 0.5) is 0 Å². The predicted molar refractivity (Wildman–Crippen MR) is 36.0 cm³/mol. The number of rotatable bonds is 4. The highest BCUT2D eigenvalue weighted by atomic mass is 16.4. The van der Waals surface area contributed by atoms with Crippen molar-refractivity contribution in [2.24, 2.45) is 5.92 Å². The van der Waals surface area contributed by atoms with Crippen LogP contribution < -0.4 is 0 Å². The van der Waals surface area contributed by atoms with Crippen LogP contribution in [0.15, 0.2) is 0 Å². The molecule has 0 saturated carbocycles. The van der Waals surface area contributed by atoms with Gasteiger partial charge in [0.2, 0.25) is 0 Å². The van der Waals surface area contributed by atoms with Crippen LogP contribution in [0.25, 0.3) is 0 Å². The van der Waals surface area contributed by atoms with Gasteiger partial charge < -0.3 is 5.11 Å². The molecule has 0 rings (SSSR count). The van der Waals surface area contributed by atoms with E-state index >= 15 is 0 Å². The molecule has 0 aliphatic heterocycles. The van der Waals surface area contributed by atoms with Gasteiger partial charge in [0.1, 0.15) is 0 Å². The maximum Gasteiger partial charge on any atom is 0.306 e. The summed E-state index contributed by atoms with van der Waals surface area (Å²) in [5, 5.41) is 8.48. The molecule has 0 heterocycles. The van der Waals surface area contributed by atoms with Gasteiger partial charge in [-0.2, -0.15) is 0 Å². The fourth-order valence-electron chi connectivity index (χ4n) is 0.749. The van der Waals surface area contributed by atoms with E-state index < -0.39 is 5.97 Å². The normalized spacial score (nSPS) is 13.1. The van der Waals surface area contributed by atoms with Crippen LogP contribution in [0.2, 0.25) is 0 Å². The van der Waals surface area contributed by atoms with Crippen molar-refractivity contribution >= 4 is 5.97 Å². The first-order chi connectivity index (χ1) is 4.22. The lowest BCUT2D eigenvalue weighted by molar-refractivity contribution is -0.142. The minimum atomic E-state index is -0.693. The van der Waals surface area contributed by atoms with Crippen molar-refractivity contribution in [3.8, 4) is 0 Å². The summed E-state index contributed by atoms with van der Waals surface area (Å²) in [7, 11) is 0. The molecule has 1 N–H and O–H groups in total. The fraction of sp³-hybridized carbons (Fsp3) is 0.714. The van der Waals surface area contributed by atoms with E-state index in [0.29, 0.717) is 19.3 Å². The lowest BCUT2D eigenvalue weighted by atomic mass is 10.0. The average Bonchev–Trinajstić information content (AvgIpc) is 1.82. The number of carboxylic acids is 1. The van der Waals surface area contributed by atoms with Gasteiger partial charge in [-0.05, 0) is 12.8 Å². The van der Waals surface area contributed by atoms with Crippen molar-refractivity contribution in [1.29, 1.82) is 0 Å². The Morgan fingerprint density at radius 3 is 2.44 bits per heavy atom. The molecule has 0 aliphatic rings. The molecule has 2 nitrogen and oxygen atoms in total. The molecule has 1 unspecified atom stereocenters. The van der Waals surface area contributed by atoms with E-state index in [0.717, 1.165) is 0 Å². The minimum absolute atomic E-state index is 0.178. The smallest absolute Gasteiger partial charge is 0.306 e. The van der Waals surface area contributed by atoms with Crippen molar-refractivity contribution in [3.05, 3.63) is 6.92 Å². The fourth-order valence-corrected chi connectivity index (χ4v) is 0.749. The van der Waals surface area contributed by atoms with Crippen molar-refractivity contribution in [3.63, 3.8) is 0 Å². The topological polar surface area (TPSA) is 37.3 Å². The zero-order valence-electron chi connectivity index (χ0n) is 5.76. The molecule has 0 aromatic heterocycles. The molecule has 2 heteroatoms. The Hall–Kier alpha value is -0.530. The van der Waals surface area contributed by atoms with E-state index in [2.05, 4.69) is 6.92 Å². The van der Waals surface area contributed by atoms with Gasteiger partial charge in [0, 0.05) is 0 Å². The van der Waals surface area contributed by atoms with Gasteiger partial charge in [-0.15, -0.1) is 0 Å². The second kappa shape index (κ2) is 4.36. The van der Waals surface area contributed by atoms with Crippen LogP contribution in [-0.2, 0) is 4.79 Å². The van der Waals surface area contributed by atoms with E-state index in [1.807, 2.05) is 6.92 Å². The summed E-state index contributed by atoms with van der Waals surface area (Å²) in [6.07, 6.45) is 2.13. The van der Waals surface area contributed by atoms with Crippen LogP contribution in [0.5, 0.6) is 0 Å². The molecule has 0 spiro atoms. The quantitative estimate of drug-likeness (QED) is 0.627. The third-order valence-electron chi connectivity index (χ3n) is 1.39. The van der Waals surface area contributed by atoms with Gasteiger partial charge in [-0.1, -0.05) is 20.3 Å². The Labute approximate surface area is 55.9 Å². The molecule has 53 valence electrons.